The number of benzene rings is 1. The van der Waals surface area contributed by atoms with Crippen LogP contribution in [0, 0.1) is 13.8 Å². The van der Waals surface area contributed by atoms with E-state index in [9.17, 15) is 13.2 Å². The average Bonchev–Trinajstić information content (AvgIpc) is 2.65. The van der Waals surface area contributed by atoms with Gasteiger partial charge in [-0.05, 0) is 37.1 Å². The Bertz CT molecular complexity index is 674. The van der Waals surface area contributed by atoms with Crippen LogP contribution < -0.4 is 5.73 Å². The molecule has 3 nitrogen and oxygen atoms in total. The molecule has 108 valence electrons. The lowest BCUT2D eigenvalue weighted by Gasteiger charge is -2.11. The maximum Gasteiger partial charge on any atom is 0.449 e. The van der Waals surface area contributed by atoms with Crippen molar-refractivity contribution in [2.45, 2.75) is 33.0 Å². The van der Waals surface area contributed by atoms with Gasteiger partial charge in [-0.1, -0.05) is 12.2 Å². The van der Waals surface area contributed by atoms with Crippen LogP contribution >= 0.6 is 12.2 Å². The van der Waals surface area contributed by atoms with Gasteiger partial charge in [-0.15, -0.1) is 0 Å². The van der Waals surface area contributed by atoms with Crippen LogP contribution in [0.2, 0.25) is 0 Å². The molecule has 7 heteroatoms. The van der Waals surface area contributed by atoms with Gasteiger partial charge in [0, 0.05) is 13.0 Å². The van der Waals surface area contributed by atoms with Crippen molar-refractivity contribution >= 4 is 28.2 Å². The van der Waals surface area contributed by atoms with E-state index in [4.69, 9.17) is 18.0 Å². The normalized spacial score (nSPS) is 12.1. The van der Waals surface area contributed by atoms with Crippen LogP contribution in [-0.4, -0.2) is 14.5 Å². The molecular weight excluding hydrogens is 287 g/mol. The molecule has 0 aliphatic rings. The molecule has 0 aliphatic carbocycles. The molecule has 1 aromatic heterocycles. The van der Waals surface area contributed by atoms with Gasteiger partial charge in [-0.2, -0.15) is 13.2 Å². The predicted octanol–water partition coefficient (Wildman–Crippen LogP) is 3.35. The molecular formula is C13H14F3N3S. The molecule has 0 fully saturated rings. The van der Waals surface area contributed by atoms with Crippen LogP contribution in [0.25, 0.3) is 11.0 Å². The summed E-state index contributed by atoms with van der Waals surface area (Å²) in [5.41, 5.74) is 8.00. The van der Waals surface area contributed by atoms with E-state index in [1.165, 1.54) is 0 Å². The first-order valence-corrected chi connectivity index (χ1v) is 6.44. The highest BCUT2D eigenvalue weighted by atomic mass is 32.1. The van der Waals surface area contributed by atoms with Gasteiger partial charge in [-0.3, -0.25) is 0 Å². The molecule has 0 unspecified atom stereocenters. The number of alkyl halides is 3. The molecule has 2 rings (SSSR count). The lowest BCUT2D eigenvalue weighted by molar-refractivity contribution is -0.146. The van der Waals surface area contributed by atoms with Gasteiger partial charge in [0.2, 0.25) is 5.82 Å². The van der Waals surface area contributed by atoms with Crippen LogP contribution in [0.1, 0.15) is 23.4 Å². The molecule has 20 heavy (non-hydrogen) atoms. The van der Waals surface area contributed by atoms with Crippen molar-refractivity contribution in [3.05, 3.63) is 29.1 Å². The van der Waals surface area contributed by atoms with E-state index in [2.05, 4.69) is 4.98 Å². The monoisotopic (exact) mass is 301 g/mol. The fourth-order valence-electron chi connectivity index (χ4n) is 2.04. The van der Waals surface area contributed by atoms with Crippen molar-refractivity contribution in [3.8, 4) is 0 Å². The van der Waals surface area contributed by atoms with Crippen LogP contribution in [0.4, 0.5) is 13.2 Å². The van der Waals surface area contributed by atoms with E-state index in [1.807, 2.05) is 13.8 Å². The second-order valence-corrected chi connectivity index (χ2v) is 5.25. The number of nitrogens with zero attached hydrogens (tertiary/aromatic N) is 2. The van der Waals surface area contributed by atoms with E-state index in [0.29, 0.717) is 11.0 Å². The number of imidazole rings is 1. The Balaban J connectivity index is 2.65. The number of rotatable bonds is 3. The number of aromatic nitrogens is 2. The molecule has 2 aromatic rings. The summed E-state index contributed by atoms with van der Waals surface area (Å²) >= 11 is 4.74. The fourth-order valence-corrected chi connectivity index (χ4v) is 2.14. The Morgan fingerprint density at radius 3 is 2.45 bits per heavy atom. The van der Waals surface area contributed by atoms with E-state index in [1.54, 1.807) is 12.1 Å². The number of hydrogen-bond acceptors (Lipinski definition) is 2. The fraction of sp³-hybridized carbons (Fsp3) is 0.385. The first-order chi connectivity index (χ1) is 9.20. The first kappa shape index (κ1) is 14.8. The quantitative estimate of drug-likeness (QED) is 0.884. The molecule has 0 spiro atoms. The molecule has 0 amide bonds. The summed E-state index contributed by atoms with van der Waals surface area (Å²) in [6, 6.07) is 3.38. The highest BCUT2D eigenvalue weighted by Crippen LogP contribution is 2.32. The zero-order chi connectivity index (χ0) is 15.1. The summed E-state index contributed by atoms with van der Waals surface area (Å²) in [5.74, 6) is -0.909. The summed E-state index contributed by atoms with van der Waals surface area (Å²) in [5, 5.41) is 0. The second kappa shape index (κ2) is 5.05. The minimum Gasteiger partial charge on any atom is -0.393 e. The lowest BCUT2D eigenvalue weighted by atomic mass is 10.1. The van der Waals surface area contributed by atoms with Gasteiger partial charge in [0.15, 0.2) is 0 Å². The van der Waals surface area contributed by atoms with E-state index in [0.717, 1.165) is 15.7 Å². The summed E-state index contributed by atoms with van der Waals surface area (Å²) < 4.78 is 40.3. The predicted molar refractivity (Wildman–Crippen MR) is 75.6 cm³/mol. The molecule has 2 N–H and O–H groups in total. The average molecular weight is 301 g/mol. The summed E-state index contributed by atoms with van der Waals surface area (Å²) in [4.78, 5) is 3.90. The van der Waals surface area contributed by atoms with Crippen LogP contribution in [-0.2, 0) is 12.7 Å². The first-order valence-electron chi connectivity index (χ1n) is 6.03. The highest BCUT2D eigenvalue weighted by Gasteiger charge is 2.37. The second-order valence-electron chi connectivity index (χ2n) is 4.73. The lowest BCUT2D eigenvalue weighted by Crippen LogP contribution is -2.18. The molecule has 1 heterocycles. The Hall–Kier alpha value is -1.63. The maximum atomic E-state index is 13.1. The van der Waals surface area contributed by atoms with Gasteiger partial charge in [0.1, 0.15) is 0 Å². The number of halogens is 3. The molecule has 0 bridgehead atoms. The van der Waals surface area contributed by atoms with Gasteiger partial charge in [0.05, 0.1) is 16.0 Å². The van der Waals surface area contributed by atoms with Crippen LogP contribution in [0.5, 0.6) is 0 Å². The van der Waals surface area contributed by atoms with E-state index < -0.39 is 12.0 Å². The van der Waals surface area contributed by atoms with Gasteiger partial charge in [-0.25, -0.2) is 4.98 Å². The van der Waals surface area contributed by atoms with E-state index >= 15 is 0 Å². The van der Waals surface area contributed by atoms with Crippen molar-refractivity contribution in [1.29, 1.82) is 0 Å². The van der Waals surface area contributed by atoms with Crippen LogP contribution in [0.3, 0.4) is 0 Å². The summed E-state index contributed by atoms with van der Waals surface area (Å²) in [6.07, 6.45) is -4.30. The van der Waals surface area contributed by atoms with Gasteiger partial charge in [0.25, 0.3) is 0 Å². The van der Waals surface area contributed by atoms with Gasteiger partial charge >= 0.3 is 6.18 Å². The standard InChI is InChI=1S/C13H14F3N3S/c1-7-5-9-10(6-8(7)2)19(4-3-11(17)20)12(18-9)13(14,15)16/h5-6H,3-4H2,1-2H3,(H2,17,20). The topological polar surface area (TPSA) is 43.8 Å². The zero-order valence-electron chi connectivity index (χ0n) is 11.1. The number of thiocarbonyl (C=S) groups is 1. The molecule has 1 aromatic carbocycles. The molecule has 0 atom stereocenters. The molecule has 0 saturated heterocycles. The Labute approximate surface area is 119 Å². The Kier molecular flexibility index (Phi) is 3.73. The van der Waals surface area contributed by atoms with Crippen molar-refractivity contribution < 1.29 is 13.2 Å². The third kappa shape index (κ3) is 2.77. The minimum absolute atomic E-state index is 0.0726. The van der Waals surface area contributed by atoms with Crippen molar-refractivity contribution in [2.75, 3.05) is 0 Å². The largest absolute Gasteiger partial charge is 0.449 e. The molecule has 0 aliphatic heterocycles. The smallest absolute Gasteiger partial charge is 0.393 e. The number of aryl methyl sites for hydroxylation is 3. The van der Waals surface area contributed by atoms with Gasteiger partial charge < -0.3 is 10.3 Å². The molecule has 0 saturated carbocycles. The number of hydrogen-bond donors (Lipinski definition) is 1. The van der Waals surface area contributed by atoms with Crippen molar-refractivity contribution in [1.82, 2.24) is 9.55 Å². The number of fused-ring (bicyclic) bond motifs is 1. The van der Waals surface area contributed by atoms with E-state index in [-0.39, 0.29) is 18.0 Å². The third-order valence-electron chi connectivity index (χ3n) is 3.20. The zero-order valence-corrected chi connectivity index (χ0v) is 11.9. The van der Waals surface area contributed by atoms with Crippen molar-refractivity contribution in [3.63, 3.8) is 0 Å². The van der Waals surface area contributed by atoms with Crippen molar-refractivity contribution in [2.24, 2.45) is 5.73 Å². The Morgan fingerprint density at radius 1 is 1.30 bits per heavy atom. The highest BCUT2D eigenvalue weighted by molar-refractivity contribution is 7.80. The van der Waals surface area contributed by atoms with Crippen LogP contribution in [0.15, 0.2) is 12.1 Å². The minimum atomic E-state index is -4.50. The summed E-state index contributed by atoms with van der Waals surface area (Å²) in [7, 11) is 0. The molecule has 0 radical (unpaired) electrons. The summed E-state index contributed by atoms with van der Waals surface area (Å²) in [6.45, 7) is 3.77. The third-order valence-corrected chi connectivity index (χ3v) is 3.40. The maximum absolute atomic E-state index is 13.1. The number of nitrogens with two attached hydrogens (primary N) is 1. The SMILES string of the molecule is Cc1cc2nc(C(F)(F)F)n(CCC(N)=S)c2cc1C. The Morgan fingerprint density at radius 2 is 1.90 bits per heavy atom.